The first-order valence-electron chi connectivity index (χ1n) is 6.31. The fraction of sp³-hybridized carbons (Fsp3) is 0.429. The third kappa shape index (κ3) is 5.52. The number of aryl methyl sites for hydroxylation is 1. The maximum atomic E-state index is 11.8. The Kier molecular flexibility index (Phi) is 6.02. The molecule has 0 saturated heterocycles. The van der Waals surface area contributed by atoms with Crippen molar-refractivity contribution in [1.82, 2.24) is 4.90 Å². The van der Waals surface area contributed by atoms with Gasteiger partial charge in [-0.3, -0.25) is 14.5 Å². The number of likely N-dealkylation sites (N-methyl/N-ethyl adjacent to an activating group) is 1. The predicted molar refractivity (Wildman–Crippen MR) is 74.2 cm³/mol. The van der Waals surface area contributed by atoms with Crippen molar-refractivity contribution >= 4 is 17.6 Å². The summed E-state index contributed by atoms with van der Waals surface area (Å²) in [4.78, 5) is 24.0. The highest BCUT2D eigenvalue weighted by atomic mass is 16.4. The molecule has 0 radical (unpaired) electrons. The fourth-order valence-electron chi connectivity index (χ4n) is 1.75. The van der Waals surface area contributed by atoms with Crippen LogP contribution in [0.4, 0.5) is 5.69 Å². The molecule has 0 aliphatic heterocycles. The standard InChI is InChI=1S/C14H20N2O3/c1-3-11-6-4-5-7-12(11)15-13(17)10-16(2)9-8-14(18)19/h4-7H,3,8-10H2,1-2H3,(H,15,17)(H,18,19). The number of hydrogen-bond acceptors (Lipinski definition) is 3. The van der Waals surface area contributed by atoms with E-state index in [2.05, 4.69) is 5.32 Å². The van der Waals surface area contributed by atoms with Crippen molar-refractivity contribution in [2.75, 3.05) is 25.5 Å². The molecule has 0 spiro atoms. The molecule has 1 rings (SSSR count). The quantitative estimate of drug-likeness (QED) is 0.784. The molecule has 19 heavy (non-hydrogen) atoms. The van der Waals surface area contributed by atoms with Gasteiger partial charge >= 0.3 is 5.97 Å². The number of nitrogens with zero attached hydrogens (tertiary/aromatic N) is 1. The molecule has 2 N–H and O–H groups in total. The molecule has 1 aromatic rings. The number of anilines is 1. The van der Waals surface area contributed by atoms with E-state index in [0.29, 0.717) is 6.54 Å². The van der Waals surface area contributed by atoms with Crippen LogP contribution >= 0.6 is 0 Å². The van der Waals surface area contributed by atoms with Crippen molar-refractivity contribution in [3.8, 4) is 0 Å². The first-order valence-corrected chi connectivity index (χ1v) is 6.31. The Bertz CT molecular complexity index is 446. The van der Waals surface area contributed by atoms with Crippen LogP contribution in [0.25, 0.3) is 0 Å². The van der Waals surface area contributed by atoms with Gasteiger partial charge in [0, 0.05) is 12.2 Å². The zero-order valence-corrected chi connectivity index (χ0v) is 11.3. The summed E-state index contributed by atoms with van der Waals surface area (Å²) in [7, 11) is 1.73. The van der Waals surface area contributed by atoms with Crippen LogP contribution in [-0.2, 0) is 16.0 Å². The molecule has 0 aliphatic rings. The minimum absolute atomic E-state index is 0.0370. The Morgan fingerprint density at radius 1 is 1.32 bits per heavy atom. The number of amides is 1. The SMILES string of the molecule is CCc1ccccc1NC(=O)CN(C)CCC(=O)O. The molecule has 5 heteroatoms. The second-order valence-electron chi connectivity index (χ2n) is 4.44. The third-order valence-corrected chi connectivity index (χ3v) is 2.79. The molecule has 0 unspecified atom stereocenters. The van der Waals surface area contributed by atoms with Gasteiger partial charge in [0.15, 0.2) is 0 Å². The summed E-state index contributed by atoms with van der Waals surface area (Å²) in [6, 6.07) is 7.66. The van der Waals surface area contributed by atoms with E-state index in [1.165, 1.54) is 0 Å². The van der Waals surface area contributed by atoms with Gasteiger partial charge in [-0.1, -0.05) is 25.1 Å². The smallest absolute Gasteiger partial charge is 0.304 e. The van der Waals surface area contributed by atoms with Crippen LogP contribution in [-0.4, -0.2) is 42.0 Å². The fourth-order valence-corrected chi connectivity index (χ4v) is 1.75. The van der Waals surface area contributed by atoms with Crippen molar-refractivity contribution in [1.29, 1.82) is 0 Å². The lowest BCUT2D eigenvalue weighted by Crippen LogP contribution is -2.31. The Hall–Kier alpha value is -1.88. The van der Waals surface area contributed by atoms with E-state index in [-0.39, 0.29) is 18.9 Å². The molecule has 0 aliphatic carbocycles. The van der Waals surface area contributed by atoms with Crippen molar-refractivity contribution in [2.24, 2.45) is 0 Å². The van der Waals surface area contributed by atoms with Gasteiger partial charge in [0.1, 0.15) is 0 Å². The van der Waals surface area contributed by atoms with Gasteiger partial charge in [-0.2, -0.15) is 0 Å². The van der Waals surface area contributed by atoms with E-state index in [1.807, 2.05) is 31.2 Å². The van der Waals surface area contributed by atoms with Gasteiger partial charge in [0.05, 0.1) is 13.0 Å². The van der Waals surface area contributed by atoms with E-state index in [1.54, 1.807) is 11.9 Å². The lowest BCUT2D eigenvalue weighted by Gasteiger charge is -2.16. The Labute approximate surface area is 113 Å². The van der Waals surface area contributed by atoms with Crippen molar-refractivity contribution in [2.45, 2.75) is 19.8 Å². The number of carboxylic acids is 1. The molecule has 0 aromatic heterocycles. The summed E-state index contributed by atoms with van der Waals surface area (Å²) in [5, 5.41) is 11.4. The zero-order valence-electron chi connectivity index (χ0n) is 11.3. The first kappa shape index (κ1) is 15.2. The van der Waals surface area contributed by atoms with Crippen molar-refractivity contribution in [3.63, 3.8) is 0 Å². The number of benzene rings is 1. The topological polar surface area (TPSA) is 69.6 Å². The van der Waals surface area contributed by atoms with Crippen LogP contribution in [0.5, 0.6) is 0 Å². The molecule has 0 heterocycles. The molecule has 5 nitrogen and oxygen atoms in total. The van der Waals surface area contributed by atoms with Crippen LogP contribution in [0.15, 0.2) is 24.3 Å². The van der Waals surface area contributed by atoms with E-state index in [9.17, 15) is 9.59 Å². The average molecular weight is 264 g/mol. The van der Waals surface area contributed by atoms with Crippen molar-refractivity contribution in [3.05, 3.63) is 29.8 Å². The van der Waals surface area contributed by atoms with E-state index < -0.39 is 5.97 Å². The summed E-state index contributed by atoms with van der Waals surface area (Å²) < 4.78 is 0. The third-order valence-electron chi connectivity index (χ3n) is 2.79. The second kappa shape index (κ2) is 7.53. The lowest BCUT2D eigenvalue weighted by molar-refractivity contribution is -0.137. The van der Waals surface area contributed by atoms with E-state index in [0.717, 1.165) is 17.7 Å². The Balaban J connectivity index is 2.48. The molecular weight excluding hydrogens is 244 g/mol. The number of rotatable bonds is 7. The number of carbonyl (C=O) groups excluding carboxylic acids is 1. The van der Waals surface area contributed by atoms with Gasteiger partial charge in [-0.25, -0.2) is 0 Å². The first-order chi connectivity index (χ1) is 9.02. The highest BCUT2D eigenvalue weighted by Crippen LogP contribution is 2.15. The molecule has 0 bridgehead atoms. The molecule has 1 amide bonds. The summed E-state index contributed by atoms with van der Waals surface area (Å²) in [5.41, 5.74) is 1.91. The number of carboxylic acid groups (broad SMARTS) is 1. The summed E-state index contributed by atoms with van der Waals surface area (Å²) in [6.45, 7) is 2.58. The largest absolute Gasteiger partial charge is 0.481 e. The predicted octanol–water partition coefficient (Wildman–Crippen LogP) is 1.59. The normalized spacial score (nSPS) is 10.5. The van der Waals surface area contributed by atoms with Crippen molar-refractivity contribution < 1.29 is 14.7 Å². The molecule has 0 fully saturated rings. The van der Waals surface area contributed by atoms with E-state index >= 15 is 0 Å². The molecule has 0 saturated carbocycles. The lowest BCUT2D eigenvalue weighted by atomic mass is 10.1. The second-order valence-corrected chi connectivity index (χ2v) is 4.44. The Morgan fingerprint density at radius 2 is 2.00 bits per heavy atom. The monoisotopic (exact) mass is 264 g/mol. The van der Waals surface area contributed by atoms with Crippen LogP contribution < -0.4 is 5.32 Å². The van der Waals surface area contributed by atoms with Gasteiger partial charge in [-0.15, -0.1) is 0 Å². The van der Waals surface area contributed by atoms with Gasteiger partial charge in [0.25, 0.3) is 0 Å². The molecular formula is C14H20N2O3. The van der Waals surface area contributed by atoms with Gasteiger partial charge in [-0.05, 0) is 25.1 Å². The van der Waals surface area contributed by atoms with E-state index in [4.69, 9.17) is 5.11 Å². The van der Waals surface area contributed by atoms with Crippen LogP contribution in [0, 0.1) is 0 Å². The number of hydrogen-bond donors (Lipinski definition) is 2. The minimum Gasteiger partial charge on any atom is -0.481 e. The molecule has 104 valence electrons. The van der Waals surface area contributed by atoms with Gasteiger partial charge in [0.2, 0.25) is 5.91 Å². The number of nitrogens with one attached hydrogen (secondary N) is 1. The molecule has 1 aromatic carbocycles. The van der Waals surface area contributed by atoms with Crippen LogP contribution in [0.3, 0.4) is 0 Å². The van der Waals surface area contributed by atoms with Gasteiger partial charge < -0.3 is 10.4 Å². The maximum Gasteiger partial charge on any atom is 0.304 e. The van der Waals surface area contributed by atoms with Crippen LogP contribution in [0.1, 0.15) is 18.9 Å². The average Bonchev–Trinajstić information content (AvgIpc) is 2.37. The summed E-state index contributed by atoms with van der Waals surface area (Å²) in [6.07, 6.45) is 0.890. The zero-order chi connectivity index (χ0) is 14.3. The highest BCUT2D eigenvalue weighted by Gasteiger charge is 2.09. The van der Waals surface area contributed by atoms with Crippen LogP contribution in [0.2, 0.25) is 0 Å². The maximum absolute atomic E-state index is 11.8. The minimum atomic E-state index is -0.858. The number of carbonyl (C=O) groups is 2. The Morgan fingerprint density at radius 3 is 2.63 bits per heavy atom. The number of para-hydroxylation sites is 1. The molecule has 0 atom stereocenters. The number of aliphatic carboxylic acids is 1. The highest BCUT2D eigenvalue weighted by molar-refractivity contribution is 5.93. The summed E-state index contributed by atoms with van der Waals surface area (Å²) >= 11 is 0. The summed E-state index contributed by atoms with van der Waals surface area (Å²) in [5.74, 6) is -0.989.